The molecule has 2 fully saturated rings. The highest BCUT2D eigenvalue weighted by molar-refractivity contribution is 5.89. The molecule has 3 nitrogen and oxygen atoms in total. The molecular weight excluding hydrogens is 200 g/mol. The number of hydrogen-bond acceptors (Lipinski definition) is 2. The summed E-state index contributed by atoms with van der Waals surface area (Å²) in [6.07, 6.45) is 7.65. The van der Waals surface area contributed by atoms with Crippen molar-refractivity contribution in [3.8, 4) is 0 Å². The summed E-state index contributed by atoms with van der Waals surface area (Å²) in [5, 5.41) is 0. The minimum atomic E-state index is 0.207. The molecule has 0 saturated heterocycles. The molecular formula is C13H20N2O. The smallest absolute Gasteiger partial charge is 0.246 e. The van der Waals surface area contributed by atoms with Crippen LogP contribution in [0.2, 0.25) is 0 Å². The SMILES string of the molecule is NCC1CC2CC1CC2CN1CC=CC1=O. The second kappa shape index (κ2) is 3.88. The zero-order chi connectivity index (χ0) is 11.1. The van der Waals surface area contributed by atoms with Crippen molar-refractivity contribution >= 4 is 5.91 Å². The zero-order valence-electron chi connectivity index (χ0n) is 9.64. The molecule has 4 unspecified atom stereocenters. The van der Waals surface area contributed by atoms with Crippen LogP contribution in [0, 0.1) is 23.7 Å². The number of hydrogen-bond donors (Lipinski definition) is 1. The molecule has 2 aliphatic carbocycles. The Kier molecular flexibility index (Phi) is 2.51. The Balaban J connectivity index is 1.57. The van der Waals surface area contributed by atoms with Gasteiger partial charge in [-0.15, -0.1) is 0 Å². The van der Waals surface area contributed by atoms with Gasteiger partial charge in [-0.25, -0.2) is 0 Å². The first-order valence-electron chi connectivity index (χ1n) is 6.43. The van der Waals surface area contributed by atoms with Crippen LogP contribution in [0.1, 0.15) is 19.3 Å². The van der Waals surface area contributed by atoms with E-state index in [1.807, 2.05) is 11.0 Å². The van der Waals surface area contributed by atoms with Gasteiger partial charge < -0.3 is 10.6 Å². The summed E-state index contributed by atoms with van der Waals surface area (Å²) in [7, 11) is 0. The van der Waals surface area contributed by atoms with Crippen LogP contribution in [0.15, 0.2) is 12.2 Å². The van der Waals surface area contributed by atoms with E-state index in [2.05, 4.69) is 0 Å². The summed E-state index contributed by atoms with van der Waals surface area (Å²) >= 11 is 0. The van der Waals surface area contributed by atoms with E-state index in [9.17, 15) is 4.79 Å². The van der Waals surface area contributed by atoms with E-state index in [0.717, 1.165) is 43.3 Å². The Labute approximate surface area is 96.7 Å². The molecule has 16 heavy (non-hydrogen) atoms. The predicted molar refractivity (Wildman–Crippen MR) is 62.6 cm³/mol. The summed E-state index contributed by atoms with van der Waals surface area (Å²) in [6.45, 7) is 2.66. The average Bonchev–Trinajstić information content (AvgIpc) is 2.95. The molecule has 1 heterocycles. The van der Waals surface area contributed by atoms with Gasteiger partial charge in [0.05, 0.1) is 0 Å². The molecule has 3 rings (SSSR count). The van der Waals surface area contributed by atoms with Gasteiger partial charge in [0, 0.05) is 19.2 Å². The van der Waals surface area contributed by atoms with Crippen LogP contribution in [0.25, 0.3) is 0 Å². The van der Waals surface area contributed by atoms with E-state index in [-0.39, 0.29) is 5.91 Å². The predicted octanol–water partition coefficient (Wildman–Crippen LogP) is 1.01. The second-order valence-corrected chi connectivity index (χ2v) is 5.63. The normalized spacial score (nSPS) is 41.3. The van der Waals surface area contributed by atoms with Crippen LogP contribution in [-0.4, -0.2) is 30.4 Å². The van der Waals surface area contributed by atoms with E-state index in [1.165, 1.54) is 19.3 Å². The van der Waals surface area contributed by atoms with Crippen molar-refractivity contribution in [1.82, 2.24) is 4.90 Å². The van der Waals surface area contributed by atoms with Gasteiger partial charge in [-0.2, -0.15) is 0 Å². The molecule has 2 bridgehead atoms. The molecule has 0 spiro atoms. The number of carbonyl (C=O) groups excluding carboxylic acids is 1. The first-order valence-corrected chi connectivity index (χ1v) is 6.43. The fraction of sp³-hybridized carbons (Fsp3) is 0.769. The van der Waals surface area contributed by atoms with Gasteiger partial charge in [0.15, 0.2) is 0 Å². The Hall–Kier alpha value is -0.830. The van der Waals surface area contributed by atoms with Crippen LogP contribution < -0.4 is 5.73 Å². The summed E-state index contributed by atoms with van der Waals surface area (Å²) in [5.74, 6) is 3.42. The van der Waals surface area contributed by atoms with E-state index >= 15 is 0 Å². The maximum absolute atomic E-state index is 11.5. The van der Waals surface area contributed by atoms with Crippen LogP contribution >= 0.6 is 0 Å². The Morgan fingerprint density at radius 2 is 2.00 bits per heavy atom. The van der Waals surface area contributed by atoms with Crippen LogP contribution in [-0.2, 0) is 4.79 Å². The minimum absolute atomic E-state index is 0.207. The van der Waals surface area contributed by atoms with Crippen molar-refractivity contribution in [1.29, 1.82) is 0 Å². The number of rotatable bonds is 3. The van der Waals surface area contributed by atoms with Crippen molar-refractivity contribution in [3.05, 3.63) is 12.2 Å². The quantitative estimate of drug-likeness (QED) is 0.771. The summed E-state index contributed by atoms with van der Waals surface area (Å²) in [6, 6.07) is 0. The lowest BCUT2D eigenvalue weighted by Gasteiger charge is -2.30. The molecule has 2 saturated carbocycles. The Morgan fingerprint density at radius 3 is 2.56 bits per heavy atom. The van der Waals surface area contributed by atoms with Gasteiger partial charge in [-0.05, 0) is 49.5 Å². The molecule has 3 aliphatic rings. The highest BCUT2D eigenvalue weighted by Gasteiger charge is 2.45. The van der Waals surface area contributed by atoms with Gasteiger partial charge >= 0.3 is 0 Å². The highest BCUT2D eigenvalue weighted by Crippen LogP contribution is 2.51. The van der Waals surface area contributed by atoms with Crippen molar-refractivity contribution in [2.45, 2.75) is 19.3 Å². The molecule has 1 aliphatic heterocycles. The van der Waals surface area contributed by atoms with Crippen molar-refractivity contribution in [2.75, 3.05) is 19.6 Å². The number of amides is 1. The number of fused-ring (bicyclic) bond motifs is 2. The fourth-order valence-corrected chi connectivity index (χ4v) is 3.95. The van der Waals surface area contributed by atoms with Gasteiger partial charge in [0.1, 0.15) is 0 Å². The molecule has 1 amide bonds. The van der Waals surface area contributed by atoms with E-state index in [4.69, 9.17) is 5.73 Å². The average molecular weight is 220 g/mol. The summed E-state index contributed by atoms with van der Waals surface area (Å²) in [5.41, 5.74) is 5.78. The zero-order valence-corrected chi connectivity index (χ0v) is 9.64. The van der Waals surface area contributed by atoms with Gasteiger partial charge in [0.2, 0.25) is 5.91 Å². The van der Waals surface area contributed by atoms with Gasteiger partial charge in [0.25, 0.3) is 0 Å². The fourth-order valence-electron chi connectivity index (χ4n) is 3.95. The number of nitrogens with zero attached hydrogens (tertiary/aromatic N) is 1. The highest BCUT2D eigenvalue weighted by atomic mass is 16.2. The Bertz CT molecular complexity index is 326. The third-order valence-corrected chi connectivity index (χ3v) is 4.81. The molecule has 0 aromatic rings. The molecule has 0 aromatic carbocycles. The maximum atomic E-state index is 11.5. The van der Waals surface area contributed by atoms with E-state index in [0.29, 0.717) is 0 Å². The summed E-state index contributed by atoms with van der Waals surface area (Å²) < 4.78 is 0. The third kappa shape index (κ3) is 1.58. The molecule has 2 N–H and O–H groups in total. The van der Waals surface area contributed by atoms with Gasteiger partial charge in [-0.3, -0.25) is 4.79 Å². The van der Waals surface area contributed by atoms with Crippen LogP contribution in [0.5, 0.6) is 0 Å². The van der Waals surface area contributed by atoms with Crippen molar-refractivity contribution < 1.29 is 4.79 Å². The standard InChI is InChI=1S/C13H20N2O/c14-7-11-5-10-4-9(11)6-12(10)8-15-3-1-2-13(15)16/h1-2,9-12H,3-8,14H2. The number of nitrogens with two attached hydrogens (primary N) is 1. The topological polar surface area (TPSA) is 46.3 Å². The van der Waals surface area contributed by atoms with E-state index < -0.39 is 0 Å². The molecule has 4 atom stereocenters. The maximum Gasteiger partial charge on any atom is 0.246 e. The first kappa shape index (κ1) is 10.3. The van der Waals surface area contributed by atoms with Crippen LogP contribution in [0.4, 0.5) is 0 Å². The second-order valence-electron chi connectivity index (χ2n) is 5.63. The summed E-state index contributed by atoms with van der Waals surface area (Å²) in [4.78, 5) is 13.5. The molecule has 88 valence electrons. The number of carbonyl (C=O) groups is 1. The van der Waals surface area contributed by atoms with E-state index in [1.54, 1.807) is 6.08 Å². The van der Waals surface area contributed by atoms with Crippen molar-refractivity contribution in [2.24, 2.45) is 29.4 Å². The van der Waals surface area contributed by atoms with Gasteiger partial charge in [-0.1, -0.05) is 6.08 Å². The largest absolute Gasteiger partial charge is 0.335 e. The van der Waals surface area contributed by atoms with Crippen molar-refractivity contribution in [3.63, 3.8) is 0 Å². The van der Waals surface area contributed by atoms with Crippen LogP contribution in [0.3, 0.4) is 0 Å². The molecule has 0 radical (unpaired) electrons. The first-order chi connectivity index (χ1) is 7.78. The monoisotopic (exact) mass is 220 g/mol. The lowest BCUT2D eigenvalue weighted by molar-refractivity contribution is -0.125. The Morgan fingerprint density at radius 1 is 1.25 bits per heavy atom. The molecule has 0 aromatic heterocycles. The lowest BCUT2D eigenvalue weighted by Crippen LogP contribution is -2.35. The molecule has 3 heteroatoms. The minimum Gasteiger partial charge on any atom is -0.335 e. The third-order valence-electron chi connectivity index (χ3n) is 4.81. The lowest BCUT2D eigenvalue weighted by atomic mass is 9.82.